The van der Waals surface area contributed by atoms with Gasteiger partial charge in [-0.05, 0) is 36.5 Å². The average molecular weight is 478 g/mol. The molecule has 3 heterocycles. The number of halogens is 4. The van der Waals surface area contributed by atoms with Crippen LogP contribution in [0.1, 0.15) is 40.2 Å². The third-order valence-corrected chi connectivity index (χ3v) is 6.08. The van der Waals surface area contributed by atoms with Crippen LogP contribution >= 0.6 is 0 Å². The minimum atomic E-state index is -4.51. The Kier molecular flexibility index (Phi) is 5.59. The van der Waals surface area contributed by atoms with Crippen LogP contribution in [0.2, 0.25) is 0 Å². The molecule has 34 heavy (non-hydrogen) atoms. The van der Waals surface area contributed by atoms with E-state index in [1.54, 1.807) is 6.07 Å². The summed E-state index contributed by atoms with van der Waals surface area (Å²) >= 11 is 0. The van der Waals surface area contributed by atoms with Gasteiger partial charge in [0.05, 0.1) is 37.1 Å². The van der Waals surface area contributed by atoms with Gasteiger partial charge in [0.2, 0.25) is 0 Å². The van der Waals surface area contributed by atoms with Crippen LogP contribution < -0.4 is 10.1 Å². The zero-order chi connectivity index (χ0) is 24.0. The van der Waals surface area contributed by atoms with Crippen molar-refractivity contribution >= 4 is 28.4 Å². The van der Waals surface area contributed by atoms with Gasteiger partial charge < -0.3 is 24.7 Å². The molecule has 7 nitrogen and oxygen atoms in total. The summed E-state index contributed by atoms with van der Waals surface area (Å²) in [5.74, 6) is -0.754. The number of hydrogen-bond acceptors (Lipinski definition) is 5. The van der Waals surface area contributed by atoms with E-state index in [0.717, 1.165) is 25.1 Å². The predicted molar refractivity (Wildman–Crippen MR) is 116 cm³/mol. The number of pyridine rings is 1. The summed E-state index contributed by atoms with van der Waals surface area (Å²) < 4.78 is 66.0. The number of fused-ring (bicyclic) bond motifs is 1. The van der Waals surface area contributed by atoms with E-state index in [2.05, 4.69) is 15.3 Å². The molecular weight excluding hydrogens is 456 g/mol. The van der Waals surface area contributed by atoms with E-state index in [1.807, 2.05) is 0 Å². The van der Waals surface area contributed by atoms with E-state index in [0.29, 0.717) is 31.9 Å². The van der Waals surface area contributed by atoms with Crippen molar-refractivity contribution in [1.82, 2.24) is 14.9 Å². The molecule has 180 valence electrons. The van der Waals surface area contributed by atoms with Crippen LogP contribution in [0.25, 0.3) is 11.0 Å². The van der Waals surface area contributed by atoms with Crippen molar-refractivity contribution in [1.29, 1.82) is 0 Å². The van der Waals surface area contributed by atoms with Crippen LogP contribution in [0.5, 0.6) is 5.75 Å². The third kappa shape index (κ3) is 4.15. The Morgan fingerprint density at radius 3 is 2.62 bits per heavy atom. The fourth-order valence-corrected chi connectivity index (χ4v) is 4.23. The highest BCUT2D eigenvalue weighted by Crippen LogP contribution is 2.47. The van der Waals surface area contributed by atoms with E-state index >= 15 is 0 Å². The van der Waals surface area contributed by atoms with Crippen LogP contribution in [0.3, 0.4) is 0 Å². The van der Waals surface area contributed by atoms with Gasteiger partial charge in [-0.3, -0.25) is 4.79 Å². The molecule has 1 saturated heterocycles. The lowest BCUT2D eigenvalue weighted by Gasteiger charge is -2.27. The normalized spacial score (nSPS) is 16.7. The number of amides is 1. The molecule has 0 atom stereocenters. The summed E-state index contributed by atoms with van der Waals surface area (Å²) in [6, 6.07) is 4.00. The van der Waals surface area contributed by atoms with Gasteiger partial charge in [0.1, 0.15) is 23.0 Å². The Hall–Kier alpha value is -3.34. The lowest BCUT2D eigenvalue weighted by atomic mass is 10.0. The number of hydrogen-bond donors (Lipinski definition) is 2. The zero-order valence-corrected chi connectivity index (χ0v) is 18.3. The molecule has 5 rings (SSSR count). The standard InChI is InChI=1S/C23H22F4N4O3/c1-33-18-8-14(22(32)31-4-6-34-7-5-31)16(24)10-17(18)29-19-9-13(12-2-3-12)20-15(23(25,26)27)11-28-21(20)30-19/h8-12H,2-7H2,1H3,(H2,28,29,30). The number of morpholine rings is 1. The summed E-state index contributed by atoms with van der Waals surface area (Å²) in [7, 11) is 1.38. The highest BCUT2D eigenvalue weighted by molar-refractivity contribution is 5.96. The van der Waals surface area contributed by atoms with Crippen LogP contribution in [-0.4, -0.2) is 54.2 Å². The molecule has 3 aromatic rings. The highest BCUT2D eigenvalue weighted by atomic mass is 19.4. The number of benzene rings is 1. The Labute approximate surface area is 192 Å². The molecule has 1 saturated carbocycles. The molecule has 1 amide bonds. The van der Waals surface area contributed by atoms with Crippen molar-refractivity contribution in [3.8, 4) is 5.75 Å². The molecule has 2 aliphatic rings. The fourth-order valence-electron chi connectivity index (χ4n) is 4.23. The number of rotatable bonds is 5. The van der Waals surface area contributed by atoms with E-state index in [1.165, 1.54) is 18.1 Å². The SMILES string of the molecule is COc1cc(C(=O)N2CCOCC2)c(F)cc1Nc1cc(C2CC2)c2c(C(F)(F)F)c[nH]c2n1. The largest absolute Gasteiger partial charge is 0.495 e. The number of ether oxygens (including phenoxy) is 2. The molecule has 0 unspecified atom stereocenters. The van der Waals surface area contributed by atoms with Crippen molar-refractivity contribution in [2.75, 3.05) is 38.7 Å². The number of carbonyl (C=O) groups is 1. The molecule has 11 heteroatoms. The second kappa shape index (κ2) is 8.46. The van der Waals surface area contributed by atoms with E-state index in [-0.39, 0.29) is 39.8 Å². The Morgan fingerprint density at radius 2 is 1.97 bits per heavy atom. The number of aromatic amines is 1. The van der Waals surface area contributed by atoms with Gasteiger partial charge in [-0.25, -0.2) is 9.37 Å². The Bertz CT molecular complexity index is 1250. The average Bonchev–Trinajstić information content (AvgIpc) is 3.56. The summed E-state index contributed by atoms with van der Waals surface area (Å²) in [6.45, 7) is 1.50. The van der Waals surface area contributed by atoms with Gasteiger partial charge in [-0.2, -0.15) is 13.2 Å². The summed E-state index contributed by atoms with van der Waals surface area (Å²) in [6.07, 6.45) is -2.01. The van der Waals surface area contributed by atoms with Crippen molar-refractivity contribution in [2.45, 2.75) is 24.9 Å². The lowest BCUT2D eigenvalue weighted by molar-refractivity contribution is -0.136. The zero-order valence-electron chi connectivity index (χ0n) is 18.3. The number of H-pyrrole nitrogens is 1. The van der Waals surface area contributed by atoms with Crippen LogP contribution in [0, 0.1) is 5.82 Å². The molecule has 0 spiro atoms. The molecule has 1 aliphatic carbocycles. The molecule has 1 aliphatic heterocycles. The smallest absolute Gasteiger partial charge is 0.418 e. The number of nitrogens with one attached hydrogen (secondary N) is 2. The van der Waals surface area contributed by atoms with Crippen molar-refractivity contribution < 1.29 is 31.8 Å². The summed E-state index contributed by atoms with van der Waals surface area (Å²) in [5.41, 5.74) is -0.0456. The first-order valence-corrected chi connectivity index (χ1v) is 10.9. The van der Waals surface area contributed by atoms with Crippen LogP contribution in [0.4, 0.5) is 29.1 Å². The maximum absolute atomic E-state index is 15.0. The lowest BCUT2D eigenvalue weighted by Crippen LogP contribution is -2.41. The highest BCUT2D eigenvalue weighted by Gasteiger charge is 2.37. The number of methoxy groups -OCH3 is 1. The van der Waals surface area contributed by atoms with E-state index in [4.69, 9.17) is 9.47 Å². The quantitative estimate of drug-likeness (QED) is 0.514. The van der Waals surface area contributed by atoms with E-state index in [9.17, 15) is 22.4 Å². The van der Waals surface area contributed by atoms with Crippen molar-refractivity contribution in [3.05, 3.63) is 46.9 Å². The van der Waals surface area contributed by atoms with Crippen LogP contribution in [0.15, 0.2) is 24.4 Å². The summed E-state index contributed by atoms with van der Waals surface area (Å²) in [4.78, 5) is 21.2. The fraction of sp³-hybridized carbons (Fsp3) is 0.391. The van der Waals surface area contributed by atoms with Gasteiger partial charge in [0.15, 0.2) is 0 Å². The third-order valence-electron chi connectivity index (χ3n) is 6.08. The number of alkyl halides is 3. The number of nitrogens with zero attached hydrogens (tertiary/aromatic N) is 2. The van der Waals surface area contributed by atoms with Gasteiger partial charge in [-0.1, -0.05) is 0 Å². The molecule has 1 aromatic carbocycles. The first-order valence-electron chi connectivity index (χ1n) is 10.9. The van der Waals surface area contributed by atoms with Crippen molar-refractivity contribution in [2.24, 2.45) is 0 Å². The monoisotopic (exact) mass is 478 g/mol. The minimum absolute atomic E-state index is 0.00935. The molecule has 2 N–H and O–H groups in total. The molecular formula is C23H22F4N4O3. The van der Waals surface area contributed by atoms with Gasteiger partial charge in [0, 0.05) is 30.7 Å². The topological polar surface area (TPSA) is 79.5 Å². The molecule has 2 aromatic heterocycles. The van der Waals surface area contributed by atoms with E-state index < -0.39 is 23.5 Å². The van der Waals surface area contributed by atoms with Gasteiger partial charge in [0.25, 0.3) is 5.91 Å². The number of anilines is 2. The molecule has 2 fully saturated rings. The first kappa shape index (κ1) is 22.5. The first-order chi connectivity index (χ1) is 16.3. The predicted octanol–water partition coefficient (Wildman–Crippen LogP) is 4.82. The van der Waals surface area contributed by atoms with Crippen molar-refractivity contribution in [3.63, 3.8) is 0 Å². The maximum Gasteiger partial charge on any atom is 0.418 e. The maximum atomic E-state index is 15.0. The number of carbonyl (C=O) groups excluding carboxylic acids is 1. The second-order valence-electron chi connectivity index (χ2n) is 8.36. The Balaban J connectivity index is 1.50. The van der Waals surface area contributed by atoms with Crippen LogP contribution in [-0.2, 0) is 10.9 Å². The molecule has 0 bridgehead atoms. The second-order valence-corrected chi connectivity index (χ2v) is 8.36. The molecule has 0 radical (unpaired) electrons. The number of aromatic nitrogens is 2. The minimum Gasteiger partial charge on any atom is -0.495 e. The Morgan fingerprint density at radius 1 is 1.24 bits per heavy atom. The summed E-state index contributed by atoms with van der Waals surface area (Å²) in [5, 5.41) is 3.01. The van der Waals surface area contributed by atoms with Gasteiger partial charge in [-0.15, -0.1) is 0 Å². The van der Waals surface area contributed by atoms with Gasteiger partial charge >= 0.3 is 6.18 Å².